The zero-order chi connectivity index (χ0) is 5.11. The van der Waals surface area contributed by atoms with Crippen LogP contribution in [0.25, 0.3) is 0 Å². The Kier molecular flexibility index (Phi) is 2.25. The van der Waals surface area contributed by atoms with Gasteiger partial charge in [0.15, 0.2) is 0 Å². The molecule has 1 aliphatic carbocycles. The molecule has 0 aliphatic heterocycles. The van der Waals surface area contributed by atoms with Crippen LogP contribution in [0.5, 0.6) is 0 Å². The molecule has 0 nitrogen and oxygen atoms in total. The quantitative estimate of drug-likeness (QED) is 0.469. The third-order valence-corrected chi connectivity index (χ3v) is 3.05. The Morgan fingerprint density at radius 3 is 1.86 bits per heavy atom. The van der Waals surface area contributed by atoms with Crippen molar-refractivity contribution < 1.29 is 0 Å². The number of hydrogen-bond acceptors (Lipinski definition) is 0. The van der Waals surface area contributed by atoms with Gasteiger partial charge in [-0.25, -0.2) is 0 Å². The van der Waals surface area contributed by atoms with Crippen LogP contribution in [0.15, 0.2) is 0 Å². The molecule has 0 heterocycles. The second-order valence-corrected chi connectivity index (χ2v) is 4.38. The summed E-state index contributed by atoms with van der Waals surface area (Å²) in [6.07, 6.45) is 7.53. The molecule has 0 aromatic carbocycles. The minimum atomic E-state index is 1.10. The molecular formula is C6H13As. The van der Waals surface area contributed by atoms with Crippen molar-refractivity contribution in [2.24, 2.45) is 0 Å². The van der Waals surface area contributed by atoms with Crippen molar-refractivity contribution in [1.82, 2.24) is 0 Å². The van der Waals surface area contributed by atoms with Gasteiger partial charge in [-0.05, 0) is 0 Å². The molecule has 0 aromatic heterocycles. The average Bonchev–Trinajstić information content (AvgIpc) is 1.69. The second-order valence-electron chi connectivity index (χ2n) is 2.40. The van der Waals surface area contributed by atoms with Crippen molar-refractivity contribution >= 4 is 16.9 Å². The molecule has 1 unspecified atom stereocenters. The molecule has 0 bridgehead atoms. The van der Waals surface area contributed by atoms with Crippen LogP contribution >= 0.6 is 0 Å². The summed E-state index contributed by atoms with van der Waals surface area (Å²) in [6.45, 7) is 0. The van der Waals surface area contributed by atoms with Gasteiger partial charge in [-0.3, -0.25) is 0 Å². The van der Waals surface area contributed by atoms with E-state index in [1.807, 2.05) is 16.9 Å². The van der Waals surface area contributed by atoms with Gasteiger partial charge < -0.3 is 0 Å². The van der Waals surface area contributed by atoms with Crippen molar-refractivity contribution in [3.63, 3.8) is 0 Å². The van der Waals surface area contributed by atoms with Gasteiger partial charge >= 0.3 is 53.7 Å². The van der Waals surface area contributed by atoms with E-state index in [1.165, 1.54) is 32.1 Å². The molecule has 1 fully saturated rings. The van der Waals surface area contributed by atoms with Crippen molar-refractivity contribution in [2.75, 3.05) is 0 Å². The minimum absolute atomic E-state index is 1.10. The maximum absolute atomic E-state index is 1.95. The molecule has 0 spiro atoms. The molecule has 1 rings (SSSR count). The van der Waals surface area contributed by atoms with Gasteiger partial charge in [-0.1, -0.05) is 0 Å². The molecule has 1 atom stereocenters. The standard InChI is InChI=1S/C6H13As/c7-6-4-2-1-3-5-6/h6H,1-5,7H2. The van der Waals surface area contributed by atoms with Crippen molar-refractivity contribution in [3.05, 3.63) is 0 Å². The van der Waals surface area contributed by atoms with E-state index in [0.29, 0.717) is 0 Å². The summed E-state index contributed by atoms with van der Waals surface area (Å²) in [7, 11) is 0. The zero-order valence-electron chi connectivity index (χ0n) is 4.69. The van der Waals surface area contributed by atoms with Gasteiger partial charge in [-0.15, -0.1) is 0 Å². The molecule has 1 heteroatoms. The third-order valence-electron chi connectivity index (χ3n) is 1.65. The summed E-state index contributed by atoms with van der Waals surface area (Å²) in [5.74, 6) is 0. The molecule has 42 valence electrons. The fourth-order valence-corrected chi connectivity index (χ4v) is 2.12. The first-order valence-electron chi connectivity index (χ1n) is 3.15. The molecule has 0 amide bonds. The van der Waals surface area contributed by atoms with Crippen molar-refractivity contribution in [1.29, 1.82) is 0 Å². The number of hydrogen-bond donors (Lipinski definition) is 0. The Labute approximate surface area is 54.2 Å². The normalized spacial score (nSPS) is 25.3. The average molecular weight is 160 g/mol. The molecule has 1 aliphatic rings. The van der Waals surface area contributed by atoms with Gasteiger partial charge in [0.05, 0.1) is 0 Å². The first-order valence-corrected chi connectivity index (χ1v) is 4.55. The SMILES string of the molecule is [AsH2]C1CCCCC1. The van der Waals surface area contributed by atoms with Gasteiger partial charge in [-0.2, -0.15) is 0 Å². The Morgan fingerprint density at radius 1 is 1.00 bits per heavy atom. The van der Waals surface area contributed by atoms with Gasteiger partial charge in [0.2, 0.25) is 0 Å². The van der Waals surface area contributed by atoms with E-state index in [2.05, 4.69) is 0 Å². The van der Waals surface area contributed by atoms with Crippen LogP contribution in [0.3, 0.4) is 0 Å². The third kappa shape index (κ3) is 1.86. The van der Waals surface area contributed by atoms with Crippen LogP contribution in [0, 0.1) is 0 Å². The van der Waals surface area contributed by atoms with Gasteiger partial charge in [0.1, 0.15) is 0 Å². The molecule has 7 heavy (non-hydrogen) atoms. The first-order chi connectivity index (χ1) is 3.39. The Morgan fingerprint density at radius 2 is 1.57 bits per heavy atom. The molecule has 1 saturated carbocycles. The summed E-state index contributed by atoms with van der Waals surface area (Å²) in [5.41, 5.74) is 0. The predicted molar refractivity (Wildman–Crippen MR) is 35.4 cm³/mol. The van der Waals surface area contributed by atoms with E-state index in [-0.39, 0.29) is 0 Å². The van der Waals surface area contributed by atoms with Crippen LogP contribution in [0.2, 0.25) is 4.71 Å². The van der Waals surface area contributed by atoms with Gasteiger partial charge in [0, 0.05) is 0 Å². The molecule has 0 aromatic rings. The van der Waals surface area contributed by atoms with E-state index >= 15 is 0 Å². The zero-order valence-corrected chi connectivity index (χ0v) is 7.11. The molecular weight excluding hydrogens is 147 g/mol. The summed E-state index contributed by atoms with van der Waals surface area (Å²) >= 11 is 1.95. The molecule has 0 radical (unpaired) electrons. The molecule has 0 N–H and O–H groups in total. The summed E-state index contributed by atoms with van der Waals surface area (Å²) in [4.78, 5) is 0. The van der Waals surface area contributed by atoms with E-state index in [1.54, 1.807) is 0 Å². The summed E-state index contributed by atoms with van der Waals surface area (Å²) in [5, 5.41) is 0. The van der Waals surface area contributed by atoms with E-state index < -0.39 is 0 Å². The van der Waals surface area contributed by atoms with E-state index in [4.69, 9.17) is 0 Å². The van der Waals surface area contributed by atoms with Crippen LogP contribution in [-0.2, 0) is 0 Å². The Hall–Kier alpha value is 0.558. The second kappa shape index (κ2) is 2.77. The Bertz CT molecular complexity index is 46.1. The Balaban J connectivity index is 2.12. The fraction of sp³-hybridized carbons (Fsp3) is 1.00. The fourth-order valence-electron chi connectivity index (χ4n) is 1.13. The van der Waals surface area contributed by atoms with E-state index in [0.717, 1.165) is 4.71 Å². The van der Waals surface area contributed by atoms with Crippen LogP contribution in [-0.4, -0.2) is 16.9 Å². The van der Waals surface area contributed by atoms with Crippen LogP contribution < -0.4 is 0 Å². The van der Waals surface area contributed by atoms with Gasteiger partial charge in [0.25, 0.3) is 0 Å². The predicted octanol–water partition coefficient (Wildman–Crippen LogP) is 1.37. The van der Waals surface area contributed by atoms with Crippen LogP contribution in [0.1, 0.15) is 32.1 Å². The topological polar surface area (TPSA) is 0 Å². The van der Waals surface area contributed by atoms with Crippen molar-refractivity contribution in [3.8, 4) is 0 Å². The summed E-state index contributed by atoms with van der Waals surface area (Å²) in [6, 6.07) is 0. The number of rotatable bonds is 0. The maximum atomic E-state index is 1.95. The van der Waals surface area contributed by atoms with Crippen molar-refractivity contribution in [2.45, 2.75) is 36.8 Å². The van der Waals surface area contributed by atoms with Crippen LogP contribution in [0.4, 0.5) is 0 Å². The summed E-state index contributed by atoms with van der Waals surface area (Å²) < 4.78 is 1.10. The monoisotopic (exact) mass is 160 g/mol. The van der Waals surface area contributed by atoms with E-state index in [9.17, 15) is 0 Å². The molecule has 0 saturated heterocycles. The first kappa shape index (κ1) is 5.69.